The predicted octanol–water partition coefficient (Wildman–Crippen LogP) is 4.62. The van der Waals surface area contributed by atoms with Gasteiger partial charge in [-0.1, -0.05) is 38.5 Å². The molecule has 1 saturated heterocycles. The van der Waals surface area contributed by atoms with Gasteiger partial charge in [-0.2, -0.15) is 0 Å². The molecule has 1 amide bonds. The van der Waals surface area contributed by atoms with Crippen LogP contribution in [0.5, 0.6) is 0 Å². The third-order valence-electron chi connectivity index (χ3n) is 6.40. The van der Waals surface area contributed by atoms with Crippen LogP contribution in [0.15, 0.2) is 51.5 Å². The Kier molecular flexibility index (Phi) is 8.54. The van der Waals surface area contributed by atoms with Crippen LogP contribution in [-0.4, -0.2) is 43.1 Å². The topological polar surface area (TPSA) is 92.3 Å². The number of carbonyl (C=O) groups is 1. The summed E-state index contributed by atoms with van der Waals surface area (Å²) in [7, 11) is 0. The van der Waals surface area contributed by atoms with Gasteiger partial charge in [-0.05, 0) is 69.6 Å². The first kappa shape index (κ1) is 26.7. The molecule has 7 heteroatoms. The van der Waals surface area contributed by atoms with Crippen LogP contribution in [-0.2, 0) is 21.4 Å². The quantitative estimate of drug-likeness (QED) is 0.583. The number of rotatable bonds is 6. The summed E-state index contributed by atoms with van der Waals surface area (Å²) in [4.78, 5) is 24.3. The van der Waals surface area contributed by atoms with Gasteiger partial charge >= 0.3 is 0 Å². The predicted molar refractivity (Wildman–Crippen MR) is 145 cm³/mol. The van der Waals surface area contributed by atoms with E-state index >= 15 is 0 Å². The second kappa shape index (κ2) is 11.2. The third kappa shape index (κ3) is 6.82. The number of nitrogens with two attached hydrogens (primary N) is 1. The van der Waals surface area contributed by atoms with Gasteiger partial charge in [-0.3, -0.25) is 9.79 Å². The lowest BCUT2D eigenvalue weighted by atomic mass is 9.86. The maximum atomic E-state index is 12.9. The molecule has 1 aromatic carbocycles. The normalized spacial score (nSPS) is 18.2. The lowest BCUT2D eigenvalue weighted by molar-refractivity contribution is -0.116. The highest BCUT2D eigenvalue weighted by Gasteiger charge is 2.26. The van der Waals surface area contributed by atoms with Gasteiger partial charge in [0, 0.05) is 37.7 Å². The first-order valence-corrected chi connectivity index (χ1v) is 12.5. The molecule has 2 aliphatic rings. The lowest BCUT2D eigenvalue weighted by Crippen LogP contribution is -2.41. The van der Waals surface area contributed by atoms with Crippen molar-refractivity contribution in [1.82, 2.24) is 5.32 Å². The Balaban J connectivity index is 1.97. The first-order valence-electron chi connectivity index (χ1n) is 12.5. The Labute approximate surface area is 210 Å². The minimum atomic E-state index is -0.186. The summed E-state index contributed by atoms with van der Waals surface area (Å²) in [5, 5.41) is 3.08. The van der Waals surface area contributed by atoms with E-state index in [4.69, 9.17) is 15.5 Å². The van der Waals surface area contributed by atoms with E-state index in [-0.39, 0.29) is 17.4 Å². The number of aliphatic imine (C=N–C) groups is 2. The molecule has 0 bridgehead atoms. The molecule has 0 aromatic heterocycles. The molecule has 2 aliphatic heterocycles. The fourth-order valence-electron chi connectivity index (χ4n) is 4.21. The van der Waals surface area contributed by atoms with Crippen LogP contribution in [0.2, 0.25) is 0 Å². The minimum Gasteiger partial charge on any atom is -0.383 e. The molecule has 0 saturated carbocycles. The first-order chi connectivity index (χ1) is 16.5. The van der Waals surface area contributed by atoms with Crippen LogP contribution in [0.25, 0.3) is 0 Å². The number of hydrogen-bond acceptors (Lipinski definition) is 6. The van der Waals surface area contributed by atoms with Crippen LogP contribution in [0.1, 0.15) is 72.4 Å². The fourth-order valence-corrected chi connectivity index (χ4v) is 4.21. The molecule has 3 rings (SSSR count). The van der Waals surface area contributed by atoms with Gasteiger partial charge in [0.1, 0.15) is 17.2 Å². The van der Waals surface area contributed by atoms with Crippen molar-refractivity contribution in [1.29, 1.82) is 0 Å². The van der Waals surface area contributed by atoms with E-state index < -0.39 is 0 Å². The number of carbonyl (C=O) groups excluding carboxylic acids is 1. The molecular weight excluding hydrogens is 438 g/mol. The number of ether oxygens (including phenoxy) is 1. The Morgan fingerprint density at radius 2 is 1.83 bits per heavy atom. The van der Waals surface area contributed by atoms with Gasteiger partial charge in [0.25, 0.3) is 5.91 Å². The highest BCUT2D eigenvalue weighted by atomic mass is 16.5. The zero-order valence-electron chi connectivity index (χ0n) is 22.4. The second-order valence-corrected chi connectivity index (χ2v) is 10.7. The third-order valence-corrected chi connectivity index (χ3v) is 6.40. The van der Waals surface area contributed by atoms with Crippen LogP contribution < -0.4 is 16.0 Å². The Morgan fingerprint density at radius 1 is 1.14 bits per heavy atom. The van der Waals surface area contributed by atoms with E-state index in [0.717, 1.165) is 37.1 Å². The van der Waals surface area contributed by atoms with Gasteiger partial charge in [0.2, 0.25) is 0 Å². The Hall–Kier alpha value is -2.93. The minimum absolute atomic E-state index is 0.0851. The Bertz CT molecular complexity index is 1070. The number of amides is 1. The van der Waals surface area contributed by atoms with Gasteiger partial charge in [-0.15, -0.1) is 0 Å². The van der Waals surface area contributed by atoms with Crippen LogP contribution in [0.4, 0.5) is 5.69 Å². The summed E-state index contributed by atoms with van der Waals surface area (Å²) in [6, 6.07) is 6.70. The molecule has 1 aromatic rings. The van der Waals surface area contributed by atoms with Crippen molar-refractivity contribution in [3.63, 3.8) is 0 Å². The van der Waals surface area contributed by atoms with Crippen molar-refractivity contribution in [2.45, 2.75) is 79.2 Å². The maximum Gasteiger partial charge on any atom is 0.265 e. The number of benzene rings is 1. The summed E-state index contributed by atoms with van der Waals surface area (Å²) in [6.45, 7) is 16.3. The van der Waals surface area contributed by atoms with Crippen molar-refractivity contribution in [3.05, 3.63) is 52.6 Å². The van der Waals surface area contributed by atoms with Gasteiger partial charge < -0.3 is 20.7 Å². The van der Waals surface area contributed by atoms with Crippen molar-refractivity contribution in [2.75, 3.05) is 24.7 Å². The summed E-state index contributed by atoms with van der Waals surface area (Å²) in [6.07, 6.45) is 4.32. The fraction of sp³-hybridized carbons (Fsp3) is 0.536. The molecule has 7 nitrogen and oxygen atoms in total. The largest absolute Gasteiger partial charge is 0.383 e. The highest BCUT2D eigenvalue weighted by Crippen LogP contribution is 2.34. The average molecular weight is 480 g/mol. The molecule has 3 N–H and O–H groups in total. The maximum absolute atomic E-state index is 12.9. The molecule has 0 atom stereocenters. The molecular formula is C28H41N5O2. The molecule has 35 heavy (non-hydrogen) atoms. The number of allylic oxidation sites excluding steroid dienone is 2. The number of nitrogens with one attached hydrogen (secondary N) is 1. The van der Waals surface area contributed by atoms with Crippen LogP contribution in [0, 0.1) is 0 Å². The van der Waals surface area contributed by atoms with E-state index in [1.807, 2.05) is 20.8 Å². The molecule has 190 valence electrons. The number of nitrogens with zero attached hydrogens (tertiary/aromatic N) is 3. The van der Waals surface area contributed by atoms with Gasteiger partial charge in [0.15, 0.2) is 0 Å². The van der Waals surface area contributed by atoms with Gasteiger partial charge in [0.05, 0.1) is 5.71 Å². The SMILES string of the molecule is CC(C)=C/N=C(/C)C(/N=C(\C)C(=O)NC1CCOCC1)=C(N)N1CCc2cc(C(C)(C)C)ccc21. The number of fused-ring (bicyclic) bond motifs is 1. The number of hydrogen-bond donors (Lipinski definition) is 2. The van der Waals surface area contributed by atoms with E-state index in [2.05, 4.69) is 54.2 Å². The highest BCUT2D eigenvalue weighted by molar-refractivity contribution is 6.38. The van der Waals surface area contributed by atoms with Gasteiger partial charge in [-0.25, -0.2) is 4.99 Å². The average Bonchev–Trinajstić information content (AvgIpc) is 3.24. The van der Waals surface area contributed by atoms with E-state index in [1.165, 1.54) is 11.1 Å². The van der Waals surface area contributed by atoms with Crippen LogP contribution >= 0.6 is 0 Å². The summed E-state index contributed by atoms with van der Waals surface area (Å²) < 4.78 is 5.39. The summed E-state index contributed by atoms with van der Waals surface area (Å²) >= 11 is 0. The smallest absolute Gasteiger partial charge is 0.265 e. The van der Waals surface area contributed by atoms with Crippen molar-refractivity contribution >= 4 is 23.0 Å². The molecule has 2 heterocycles. The lowest BCUT2D eigenvalue weighted by Gasteiger charge is -2.24. The Morgan fingerprint density at radius 3 is 2.46 bits per heavy atom. The molecule has 0 aliphatic carbocycles. The van der Waals surface area contributed by atoms with E-state index in [9.17, 15) is 4.79 Å². The molecule has 0 unspecified atom stereocenters. The van der Waals surface area contributed by atoms with Crippen molar-refractivity contribution in [2.24, 2.45) is 15.7 Å². The molecule has 0 spiro atoms. The monoisotopic (exact) mass is 479 g/mol. The van der Waals surface area contributed by atoms with Crippen molar-refractivity contribution < 1.29 is 9.53 Å². The van der Waals surface area contributed by atoms with E-state index in [1.54, 1.807) is 13.1 Å². The van der Waals surface area contributed by atoms with E-state index in [0.29, 0.717) is 36.2 Å². The zero-order chi connectivity index (χ0) is 25.8. The van der Waals surface area contributed by atoms with Crippen LogP contribution in [0.3, 0.4) is 0 Å². The summed E-state index contributed by atoms with van der Waals surface area (Å²) in [5.74, 6) is 0.322. The molecule has 0 radical (unpaired) electrons. The number of anilines is 1. The summed E-state index contributed by atoms with van der Waals surface area (Å²) in [5.41, 5.74) is 13.1. The molecule has 1 fully saturated rings. The standard InChI is InChI=1S/C28H41N5O2/c1-18(2)17-30-19(3)25(31-20(4)27(34)32-23-11-14-35-15-12-23)26(29)33-13-10-21-16-22(28(5,6)7)8-9-24(21)33/h8-9,16-17,23H,10-15,29H2,1-7H3,(H,32,34)/b26-25?,30-19-,31-20+. The second-order valence-electron chi connectivity index (χ2n) is 10.7. The zero-order valence-corrected chi connectivity index (χ0v) is 22.4. The van der Waals surface area contributed by atoms with Crippen molar-refractivity contribution in [3.8, 4) is 0 Å².